The predicted octanol–water partition coefficient (Wildman–Crippen LogP) is 1.18. The first-order chi connectivity index (χ1) is 5.86. The molecular weight excluding hydrogens is 148 g/mol. The van der Waals surface area contributed by atoms with Gasteiger partial charge in [0.05, 0.1) is 0 Å². The lowest BCUT2D eigenvalue weighted by Gasteiger charge is -2.36. The monoisotopic (exact) mass is 168 g/mol. The van der Waals surface area contributed by atoms with Crippen LogP contribution in [0.5, 0.6) is 0 Å². The van der Waals surface area contributed by atoms with Crippen LogP contribution in [0.4, 0.5) is 0 Å². The SMILES string of the molecule is CN1CCCN(C2CCC2)CC1. The Morgan fingerprint density at radius 2 is 1.75 bits per heavy atom. The van der Waals surface area contributed by atoms with Gasteiger partial charge in [-0.2, -0.15) is 0 Å². The first kappa shape index (κ1) is 8.52. The zero-order valence-corrected chi connectivity index (χ0v) is 8.13. The van der Waals surface area contributed by atoms with Crippen LogP contribution < -0.4 is 0 Å². The largest absolute Gasteiger partial charge is 0.305 e. The molecule has 0 spiro atoms. The smallest absolute Gasteiger partial charge is 0.0112 e. The topological polar surface area (TPSA) is 6.48 Å². The number of hydrogen-bond acceptors (Lipinski definition) is 2. The van der Waals surface area contributed by atoms with Gasteiger partial charge < -0.3 is 4.90 Å². The van der Waals surface area contributed by atoms with Crippen molar-refractivity contribution in [3.63, 3.8) is 0 Å². The van der Waals surface area contributed by atoms with Crippen LogP contribution in [0.2, 0.25) is 0 Å². The molecule has 2 aliphatic rings. The summed E-state index contributed by atoms with van der Waals surface area (Å²) in [6.07, 6.45) is 5.76. The third-order valence-corrected chi connectivity index (χ3v) is 3.35. The summed E-state index contributed by atoms with van der Waals surface area (Å²) in [4.78, 5) is 5.16. The van der Waals surface area contributed by atoms with Crippen molar-refractivity contribution < 1.29 is 0 Å². The van der Waals surface area contributed by atoms with Crippen LogP contribution in [0.1, 0.15) is 25.7 Å². The Balaban J connectivity index is 1.81. The molecule has 0 atom stereocenters. The highest BCUT2D eigenvalue weighted by molar-refractivity contribution is 4.81. The molecule has 0 bridgehead atoms. The van der Waals surface area contributed by atoms with Gasteiger partial charge >= 0.3 is 0 Å². The molecule has 0 amide bonds. The highest BCUT2D eigenvalue weighted by atomic mass is 15.2. The Kier molecular flexibility index (Phi) is 2.66. The van der Waals surface area contributed by atoms with Crippen LogP contribution in [0.15, 0.2) is 0 Å². The summed E-state index contributed by atoms with van der Waals surface area (Å²) in [6.45, 7) is 5.22. The molecule has 70 valence electrons. The molecule has 2 rings (SSSR count). The van der Waals surface area contributed by atoms with Crippen molar-refractivity contribution in [1.82, 2.24) is 9.80 Å². The zero-order chi connectivity index (χ0) is 8.39. The van der Waals surface area contributed by atoms with E-state index in [4.69, 9.17) is 0 Å². The highest BCUT2D eigenvalue weighted by Crippen LogP contribution is 2.25. The van der Waals surface area contributed by atoms with Gasteiger partial charge in [0.1, 0.15) is 0 Å². The quantitative estimate of drug-likeness (QED) is 0.580. The van der Waals surface area contributed by atoms with Gasteiger partial charge in [-0.3, -0.25) is 4.90 Å². The molecule has 0 aromatic heterocycles. The molecule has 1 saturated heterocycles. The van der Waals surface area contributed by atoms with E-state index in [2.05, 4.69) is 16.8 Å². The standard InChI is InChI=1S/C10H20N2/c1-11-6-3-7-12(9-8-11)10-4-2-5-10/h10H,2-9H2,1H3. The maximum Gasteiger partial charge on any atom is 0.0112 e. The van der Waals surface area contributed by atoms with Crippen molar-refractivity contribution in [3.05, 3.63) is 0 Å². The molecule has 1 heterocycles. The van der Waals surface area contributed by atoms with Crippen LogP contribution in [0.25, 0.3) is 0 Å². The van der Waals surface area contributed by atoms with Crippen molar-refractivity contribution in [2.24, 2.45) is 0 Å². The molecule has 1 saturated carbocycles. The lowest BCUT2D eigenvalue weighted by Crippen LogP contribution is -2.42. The molecule has 2 heteroatoms. The van der Waals surface area contributed by atoms with Crippen LogP contribution in [0.3, 0.4) is 0 Å². The summed E-state index contributed by atoms with van der Waals surface area (Å²) >= 11 is 0. The van der Waals surface area contributed by atoms with Gasteiger partial charge in [0.15, 0.2) is 0 Å². The second kappa shape index (κ2) is 3.75. The van der Waals surface area contributed by atoms with Crippen LogP contribution in [0, 0.1) is 0 Å². The summed E-state index contributed by atoms with van der Waals surface area (Å²) < 4.78 is 0. The lowest BCUT2D eigenvalue weighted by molar-refractivity contribution is 0.132. The molecule has 2 fully saturated rings. The minimum atomic E-state index is 0.955. The van der Waals surface area contributed by atoms with Gasteiger partial charge in [0.25, 0.3) is 0 Å². The van der Waals surface area contributed by atoms with Gasteiger partial charge in [-0.25, -0.2) is 0 Å². The number of nitrogens with zero attached hydrogens (tertiary/aromatic N) is 2. The van der Waals surface area contributed by atoms with E-state index in [1.165, 1.54) is 51.9 Å². The van der Waals surface area contributed by atoms with E-state index in [1.807, 2.05) is 0 Å². The summed E-state index contributed by atoms with van der Waals surface area (Å²) in [7, 11) is 2.24. The van der Waals surface area contributed by atoms with E-state index in [1.54, 1.807) is 0 Å². The molecule has 1 aliphatic carbocycles. The van der Waals surface area contributed by atoms with E-state index < -0.39 is 0 Å². The minimum Gasteiger partial charge on any atom is -0.305 e. The summed E-state index contributed by atoms with van der Waals surface area (Å²) in [5.41, 5.74) is 0. The Bertz CT molecular complexity index is 143. The van der Waals surface area contributed by atoms with Crippen molar-refractivity contribution in [1.29, 1.82) is 0 Å². The van der Waals surface area contributed by atoms with Crippen molar-refractivity contribution in [2.45, 2.75) is 31.7 Å². The first-order valence-corrected chi connectivity index (χ1v) is 5.29. The fourth-order valence-corrected chi connectivity index (χ4v) is 2.18. The molecular formula is C10H20N2. The number of rotatable bonds is 1. The molecule has 0 N–H and O–H groups in total. The zero-order valence-electron chi connectivity index (χ0n) is 8.13. The third kappa shape index (κ3) is 1.80. The van der Waals surface area contributed by atoms with Gasteiger partial charge in [0, 0.05) is 19.1 Å². The fourth-order valence-electron chi connectivity index (χ4n) is 2.18. The molecule has 2 nitrogen and oxygen atoms in total. The van der Waals surface area contributed by atoms with Crippen LogP contribution >= 0.6 is 0 Å². The Morgan fingerprint density at radius 3 is 2.42 bits per heavy atom. The van der Waals surface area contributed by atoms with Gasteiger partial charge in [-0.05, 0) is 39.4 Å². The minimum absolute atomic E-state index is 0.955. The average molecular weight is 168 g/mol. The molecule has 0 aromatic carbocycles. The molecule has 1 aliphatic heterocycles. The van der Waals surface area contributed by atoms with E-state index in [-0.39, 0.29) is 0 Å². The second-order valence-corrected chi connectivity index (χ2v) is 4.28. The molecule has 0 radical (unpaired) electrons. The predicted molar refractivity (Wildman–Crippen MR) is 51.3 cm³/mol. The maximum atomic E-state index is 2.70. The molecule has 0 unspecified atom stereocenters. The Hall–Kier alpha value is -0.0800. The molecule has 12 heavy (non-hydrogen) atoms. The summed E-state index contributed by atoms with van der Waals surface area (Å²) in [6, 6.07) is 0.955. The van der Waals surface area contributed by atoms with Gasteiger partial charge in [-0.15, -0.1) is 0 Å². The van der Waals surface area contributed by atoms with Crippen molar-refractivity contribution >= 4 is 0 Å². The van der Waals surface area contributed by atoms with Crippen LogP contribution in [-0.2, 0) is 0 Å². The number of hydrogen-bond donors (Lipinski definition) is 0. The van der Waals surface area contributed by atoms with Gasteiger partial charge in [0.2, 0.25) is 0 Å². The van der Waals surface area contributed by atoms with Crippen molar-refractivity contribution in [2.75, 3.05) is 33.2 Å². The average Bonchev–Trinajstić information content (AvgIpc) is 2.12. The molecule has 0 aromatic rings. The van der Waals surface area contributed by atoms with E-state index >= 15 is 0 Å². The summed E-state index contributed by atoms with van der Waals surface area (Å²) in [5.74, 6) is 0. The van der Waals surface area contributed by atoms with Crippen LogP contribution in [-0.4, -0.2) is 49.1 Å². The summed E-state index contributed by atoms with van der Waals surface area (Å²) in [5, 5.41) is 0. The van der Waals surface area contributed by atoms with E-state index in [9.17, 15) is 0 Å². The maximum absolute atomic E-state index is 2.70. The van der Waals surface area contributed by atoms with E-state index in [0.717, 1.165) is 6.04 Å². The normalized spacial score (nSPS) is 29.8. The van der Waals surface area contributed by atoms with E-state index in [0.29, 0.717) is 0 Å². The lowest BCUT2D eigenvalue weighted by atomic mass is 9.91. The second-order valence-electron chi connectivity index (χ2n) is 4.28. The highest BCUT2D eigenvalue weighted by Gasteiger charge is 2.25. The van der Waals surface area contributed by atoms with Gasteiger partial charge in [-0.1, -0.05) is 6.42 Å². The first-order valence-electron chi connectivity index (χ1n) is 5.29. The fraction of sp³-hybridized carbons (Fsp3) is 1.00. The number of likely N-dealkylation sites (N-methyl/N-ethyl adjacent to an activating group) is 1. The third-order valence-electron chi connectivity index (χ3n) is 3.35. The Labute approximate surface area is 75.5 Å². The van der Waals surface area contributed by atoms with Crippen molar-refractivity contribution in [3.8, 4) is 0 Å². The Morgan fingerprint density at radius 1 is 0.917 bits per heavy atom.